The van der Waals surface area contributed by atoms with Crippen LogP contribution in [0.2, 0.25) is 10.0 Å². The summed E-state index contributed by atoms with van der Waals surface area (Å²) in [6, 6.07) is 14.9. The highest BCUT2D eigenvalue weighted by atomic mass is 35.5. The zero-order valence-corrected chi connectivity index (χ0v) is 17.5. The Morgan fingerprint density at radius 2 is 1.34 bits per heavy atom. The molecule has 0 aliphatic carbocycles. The van der Waals surface area contributed by atoms with Crippen LogP contribution >= 0.6 is 23.2 Å². The molecule has 2 aromatic carbocycles. The molecule has 0 saturated carbocycles. The average Bonchev–Trinajstić information content (AvgIpc) is 2.72. The second kappa shape index (κ2) is 10.6. The third kappa shape index (κ3) is 6.72. The van der Waals surface area contributed by atoms with Crippen molar-refractivity contribution in [3.8, 4) is 0 Å². The molecular formula is C21H24Cl2N4O2. The minimum absolute atomic E-state index is 0.00778. The summed E-state index contributed by atoms with van der Waals surface area (Å²) in [5, 5.41) is 6.55. The van der Waals surface area contributed by atoms with Crippen molar-refractivity contribution in [2.75, 3.05) is 44.6 Å². The maximum Gasteiger partial charge on any atom is 0.238 e. The zero-order chi connectivity index (χ0) is 20.6. The molecule has 1 heterocycles. The van der Waals surface area contributed by atoms with E-state index in [9.17, 15) is 9.59 Å². The van der Waals surface area contributed by atoms with Crippen molar-refractivity contribution in [1.29, 1.82) is 0 Å². The first kappa shape index (κ1) is 21.6. The van der Waals surface area contributed by atoms with E-state index in [-0.39, 0.29) is 18.4 Å². The lowest BCUT2D eigenvalue weighted by atomic mass is 10.2. The molecule has 0 bridgehead atoms. The number of para-hydroxylation sites is 1. The van der Waals surface area contributed by atoms with Gasteiger partial charge in [-0.05, 0) is 17.7 Å². The summed E-state index contributed by atoms with van der Waals surface area (Å²) in [5.74, 6) is -0.150. The third-order valence-corrected chi connectivity index (χ3v) is 5.39. The summed E-state index contributed by atoms with van der Waals surface area (Å²) < 4.78 is 0. The number of anilines is 1. The summed E-state index contributed by atoms with van der Waals surface area (Å²) in [4.78, 5) is 28.6. The molecule has 154 valence electrons. The predicted octanol–water partition coefficient (Wildman–Crippen LogP) is 2.87. The third-order valence-electron chi connectivity index (χ3n) is 4.76. The van der Waals surface area contributed by atoms with Crippen LogP contribution in [0.4, 0.5) is 5.69 Å². The molecule has 1 saturated heterocycles. The highest BCUT2D eigenvalue weighted by Gasteiger charge is 2.21. The van der Waals surface area contributed by atoms with Crippen LogP contribution in [0.25, 0.3) is 0 Å². The van der Waals surface area contributed by atoms with E-state index < -0.39 is 0 Å². The number of amides is 2. The first-order valence-corrected chi connectivity index (χ1v) is 10.3. The fourth-order valence-electron chi connectivity index (χ4n) is 3.16. The monoisotopic (exact) mass is 434 g/mol. The number of nitrogens with zero attached hydrogens (tertiary/aromatic N) is 2. The number of carbonyl (C=O) groups is 2. The van der Waals surface area contributed by atoms with Gasteiger partial charge in [0.25, 0.3) is 0 Å². The van der Waals surface area contributed by atoms with Crippen molar-refractivity contribution in [2.24, 2.45) is 0 Å². The van der Waals surface area contributed by atoms with Crippen LogP contribution < -0.4 is 10.6 Å². The lowest BCUT2D eigenvalue weighted by Gasteiger charge is -2.33. The van der Waals surface area contributed by atoms with Gasteiger partial charge in [-0.15, -0.1) is 0 Å². The highest BCUT2D eigenvalue weighted by molar-refractivity contribution is 6.39. The van der Waals surface area contributed by atoms with Gasteiger partial charge in [0.15, 0.2) is 0 Å². The van der Waals surface area contributed by atoms with Crippen LogP contribution in [-0.2, 0) is 16.1 Å². The Labute approximate surface area is 180 Å². The van der Waals surface area contributed by atoms with E-state index in [0.29, 0.717) is 28.8 Å². The lowest BCUT2D eigenvalue weighted by molar-refractivity contribution is -0.123. The van der Waals surface area contributed by atoms with E-state index in [2.05, 4.69) is 20.4 Å². The van der Waals surface area contributed by atoms with Crippen LogP contribution in [0.5, 0.6) is 0 Å². The smallest absolute Gasteiger partial charge is 0.238 e. The van der Waals surface area contributed by atoms with Crippen LogP contribution in [0.15, 0.2) is 48.5 Å². The number of hydrogen-bond acceptors (Lipinski definition) is 4. The molecule has 29 heavy (non-hydrogen) atoms. The Morgan fingerprint density at radius 1 is 0.793 bits per heavy atom. The van der Waals surface area contributed by atoms with Gasteiger partial charge in [-0.3, -0.25) is 19.4 Å². The summed E-state index contributed by atoms with van der Waals surface area (Å²) in [6.45, 7) is 4.06. The predicted molar refractivity (Wildman–Crippen MR) is 116 cm³/mol. The summed E-state index contributed by atoms with van der Waals surface area (Å²) >= 11 is 12.2. The molecule has 0 spiro atoms. The van der Waals surface area contributed by atoms with Crippen LogP contribution in [-0.4, -0.2) is 60.9 Å². The van der Waals surface area contributed by atoms with Crippen molar-refractivity contribution < 1.29 is 9.59 Å². The van der Waals surface area contributed by atoms with Gasteiger partial charge < -0.3 is 10.6 Å². The Kier molecular flexibility index (Phi) is 7.89. The fourth-order valence-corrected chi connectivity index (χ4v) is 3.65. The molecule has 2 aromatic rings. The van der Waals surface area contributed by atoms with E-state index in [1.54, 1.807) is 18.2 Å². The molecule has 0 aromatic heterocycles. The lowest BCUT2D eigenvalue weighted by Crippen LogP contribution is -2.50. The van der Waals surface area contributed by atoms with Crippen LogP contribution in [0.3, 0.4) is 0 Å². The van der Waals surface area contributed by atoms with E-state index in [0.717, 1.165) is 31.7 Å². The average molecular weight is 435 g/mol. The summed E-state index contributed by atoms with van der Waals surface area (Å²) in [7, 11) is 0. The minimum Gasteiger partial charge on any atom is -0.351 e. The first-order chi connectivity index (χ1) is 14.0. The Morgan fingerprint density at radius 3 is 1.93 bits per heavy atom. The quantitative estimate of drug-likeness (QED) is 0.702. The molecule has 3 rings (SSSR count). The second-order valence-electron chi connectivity index (χ2n) is 6.96. The summed E-state index contributed by atoms with van der Waals surface area (Å²) in [5.41, 5.74) is 1.52. The van der Waals surface area contributed by atoms with Crippen molar-refractivity contribution in [3.63, 3.8) is 0 Å². The van der Waals surface area contributed by atoms with Crippen molar-refractivity contribution in [1.82, 2.24) is 15.1 Å². The van der Waals surface area contributed by atoms with Gasteiger partial charge in [0.1, 0.15) is 0 Å². The normalized spacial score (nSPS) is 15.1. The van der Waals surface area contributed by atoms with Gasteiger partial charge in [-0.2, -0.15) is 0 Å². The topological polar surface area (TPSA) is 64.7 Å². The van der Waals surface area contributed by atoms with Crippen molar-refractivity contribution in [3.05, 3.63) is 64.1 Å². The van der Waals surface area contributed by atoms with Crippen molar-refractivity contribution in [2.45, 2.75) is 6.54 Å². The van der Waals surface area contributed by atoms with Gasteiger partial charge in [-0.1, -0.05) is 59.6 Å². The molecule has 0 radical (unpaired) electrons. The first-order valence-electron chi connectivity index (χ1n) is 9.50. The molecule has 1 aliphatic rings. The molecule has 2 N–H and O–H groups in total. The molecule has 8 heteroatoms. The van der Waals surface area contributed by atoms with Crippen LogP contribution in [0, 0.1) is 0 Å². The van der Waals surface area contributed by atoms with E-state index in [4.69, 9.17) is 23.2 Å². The highest BCUT2D eigenvalue weighted by Crippen LogP contribution is 2.29. The van der Waals surface area contributed by atoms with E-state index in [1.807, 2.05) is 30.3 Å². The van der Waals surface area contributed by atoms with Gasteiger partial charge in [0, 0.05) is 32.7 Å². The standard InChI is InChI=1S/C21H24Cl2N4O2/c22-17-7-4-8-18(23)21(17)25-20(29)15-27-11-9-26(10-12-27)14-19(28)24-13-16-5-2-1-3-6-16/h1-8H,9-15H2,(H,24,28)(H,25,29). The Hall–Kier alpha value is -2.12. The van der Waals surface area contributed by atoms with Crippen LogP contribution in [0.1, 0.15) is 5.56 Å². The molecule has 1 fully saturated rings. The number of nitrogens with one attached hydrogen (secondary N) is 2. The second-order valence-corrected chi connectivity index (χ2v) is 7.77. The maximum atomic E-state index is 12.3. The molecular weight excluding hydrogens is 411 g/mol. The molecule has 0 unspecified atom stereocenters. The maximum absolute atomic E-state index is 12.3. The number of halogens is 2. The van der Waals surface area contributed by atoms with Gasteiger partial charge in [-0.25, -0.2) is 0 Å². The number of rotatable bonds is 7. The van der Waals surface area contributed by atoms with Gasteiger partial charge >= 0.3 is 0 Å². The summed E-state index contributed by atoms with van der Waals surface area (Å²) in [6.07, 6.45) is 0. The van der Waals surface area contributed by atoms with E-state index >= 15 is 0 Å². The SMILES string of the molecule is O=C(CN1CCN(CC(=O)Nc2c(Cl)cccc2Cl)CC1)NCc1ccccc1. The molecule has 2 amide bonds. The Balaban J connectivity index is 1.37. The molecule has 0 atom stereocenters. The number of piperazine rings is 1. The van der Waals surface area contributed by atoms with Gasteiger partial charge in [0.05, 0.1) is 28.8 Å². The minimum atomic E-state index is -0.158. The number of benzene rings is 2. The number of hydrogen-bond donors (Lipinski definition) is 2. The van der Waals surface area contributed by atoms with E-state index in [1.165, 1.54) is 0 Å². The molecule has 6 nitrogen and oxygen atoms in total. The fraction of sp³-hybridized carbons (Fsp3) is 0.333. The number of carbonyl (C=O) groups excluding carboxylic acids is 2. The largest absolute Gasteiger partial charge is 0.351 e. The zero-order valence-electron chi connectivity index (χ0n) is 16.0. The Bertz CT molecular complexity index is 820. The van der Waals surface area contributed by atoms with Crippen molar-refractivity contribution >= 4 is 40.7 Å². The van der Waals surface area contributed by atoms with Gasteiger partial charge in [0.2, 0.25) is 11.8 Å². The molecule has 1 aliphatic heterocycles.